The molecule has 0 bridgehead atoms. The topological polar surface area (TPSA) is 43.4 Å². The second-order valence-corrected chi connectivity index (χ2v) is 2.99. The second-order valence-electron chi connectivity index (χ2n) is 2.99. The first-order valence-corrected chi connectivity index (χ1v) is 4.33. The van der Waals surface area contributed by atoms with E-state index in [1.54, 1.807) is 0 Å². The Labute approximate surface area is 73.1 Å². The fourth-order valence-corrected chi connectivity index (χ4v) is 0.912. The molecule has 0 rings (SSSR count). The summed E-state index contributed by atoms with van der Waals surface area (Å²) < 4.78 is 4.14. The lowest BCUT2D eigenvalue weighted by atomic mass is 10.0. The molecule has 0 aliphatic rings. The summed E-state index contributed by atoms with van der Waals surface area (Å²) in [5, 5.41) is 0. The van der Waals surface area contributed by atoms with Crippen LogP contribution in [-0.4, -0.2) is 12.4 Å². The standard InChI is InChI=1S/C9H16O3/c1-3-8(2)5-4-6-9(11)12-7-10/h7-8H,3-6H2,1-2H3. The summed E-state index contributed by atoms with van der Waals surface area (Å²) in [5.41, 5.74) is 0. The molecule has 0 saturated heterocycles. The highest BCUT2D eigenvalue weighted by Crippen LogP contribution is 2.10. The van der Waals surface area contributed by atoms with Crippen molar-refractivity contribution in [1.82, 2.24) is 0 Å². The van der Waals surface area contributed by atoms with Crippen LogP contribution < -0.4 is 0 Å². The van der Waals surface area contributed by atoms with E-state index in [1.807, 2.05) is 0 Å². The number of esters is 1. The minimum Gasteiger partial charge on any atom is -0.395 e. The van der Waals surface area contributed by atoms with Crippen LogP contribution >= 0.6 is 0 Å². The van der Waals surface area contributed by atoms with Crippen molar-refractivity contribution in [3.05, 3.63) is 0 Å². The molecule has 12 heavy (non-hydrogen) atoms. The van der Waals surface area contributed by atoms with E-state index in [1.165, 1.54) is 0 Å². The summed E-state index contributed by atoms with van der Waals surface area (Å²) in [6.45, 7) is 4.45. The lowest BCUT2D eigenvalue weighted by Crippen LogP contribution is -2.03. The Morgan fingerprint density at radius 1 is 1.58 bits per heavy atom. The van der Waals surface area contributed by atoms with Gasteiger partial charge in [-0.15, -0.1) is 0 Å². The predicted octanol–water partition coefficient (Wildman–Crippen LogP) is 1.90. The van der Waals surface area contributed by atoms with Crippen molar-refractivity contribution in [3.8, 4) is 0 Å². The molecule has 0 N–H and O–H groups in total. The van der Waals surface area contributed by atoms with Gasteiger partial charge in [-0.1, -0.05) is 26.7 Å². The minimum absolute atomic E-state index is 0.186. The maximum atomic E-state index is 10.7. The smallest absolute Gasteiger partial charge is 0.313 e. The molecule has 1 unspecified atom stereocenters. The van der Waals surface area contributed by atoms with Crippen LogP contribution in [0.1, 0.15) is 39.5 Å². The van der Waals surface area contributed by atoms with Crippen molar-refractivity contribution in [2.75, 3.05) is 0 Å². The fraction of sp³-hybridized carbons (Fsp3) is 0.778. The lowest BCUT2D eigenvalue weighted by molar-refractivity contribution is -0.151. The molecular weight excluding hydrogens is 156 g/mol. The maximum Gasteiger partial charge on any atom is 0.313 e. The highest BCUT2D eigenvalue weighted by Gasteiger charge is 2.03. The Bertz CT molecular complexity index is 143. The molecule has 0 aromatic heterocycles. The molecule has 0 heterocycles. The van der Waals surface area contributed by atoms with Crippen LogP contribution in [0.4, 0.5) is 0 Å². The van der Waals surface area contributed by atoms with E-state index in [0.717, 1.165) is 19.3 Å². The SMILES string of the molecule is CCC(C)CCCC(=O)OC=O. The van der Waals surface area contributed by atoms with Gasteiger partial charge >= 0.3 is 12.4 Å². The number of ether oxygens (including phenoxy) is 1. The summed E-state index contributed by atoms with van der Waals surface area (Å²) >= 11 is 0. The first-order valence-electron chi connectivity index (χ1n) is 4.33. The zero-order valence-electron chi connectivity index (χ0n) is 7.71. The zero-order valence-corrected chi connectivity index (χ0v) is 7.71. The number of carbonyl (C=O) groups is 2. The van der Waals surface area contributed by atoms with E-state index in [0.29, 0.717) is 12.3 Å². The third kappa shape index (κ3) is 5.89. The summed E-state index contributed by atoms with van der Waals surface area (Å²) in [6.07, 6.45) is 3.30. The molecule has 70 valence electrons. The third-order valence-corrected chi connectivity index (χ3v) is 1.95. The Morgan fingerprint density at radius 2 is 2.25 bits per heavy atom. The van der Waals surface area contributed by atoms with Gasteiger partial charge < -0.3 is 4.74 Å². The Balaban J connectivity index is 3.30. The third-order valence-electron chi connectivity index (χ3n) is 1.95. The van der Waals surface area contributed by atoms with Crippen molar-refractivity contribution in [1.29, 1.82) is 0 Å². The van der Waals surface area contributed by atoms with Gasteiger partial charge in [0, 0.05) is 6.42 Å². The Morgan fingerprint density at radius 3 is 2.75 bits per heavy atom. The van der Waals surface area contributed by atoms with E-state index in [4.69, 9.17) is 0 Å². The van der Waals surface area contributed by atoms with E-state index in [-0.39, 0.29) is 6.47 Å². The van der Waals surface area contributed by atoms with Gasteiger partial charge in [0.1, 0.15) is 0 Å². The molecule has 3 nitrogen and oxygen atoms in total. The van der Waals surface area contributed by atoms with Crippen molar-refractivity contribution in [2.24, 2.45) is 5.92 Å². The van der Waals surface area contributed by atoms with E-state index in [9.17, 15) is 9.59 Å². The molecule has 0 aromatic carbocycles. The molecule has 0 amide bonds. The molecule has 0 aliphatic carbocycles. The van der Waals surface area contributed by atoms with Crippen LogP contribution in [0.2, 0.25) is 0 Å². The van der Waals surface area contributed by atoms with Crippen LogP contribution in [-0.2, 0) is 14.3 Å². The van der Waals surface area contributed by atoms with Gasteiger partial charge in [0.05, 0.1) is 0 Å². The summed E-state index contributed by atoms with van der Waals surface area (Å²) in [5.74, 6) is 0.224. The molecule has 3 heteroatoms. The number of carbonyl (C=O) groups excluding carboxylic acids is 2. The number of hydrogen-bond acceptors (Lipinski definition) is 3. The quantitative estimate of drug-likeness (QED) is 0.349. The van der Waals surface area contributed by atoms with Crippen LogP contribution in [0.3, 0.4) is 0 Å². The van der Waals surface area contributed by atoms with Crippen molar-refractivity contribution in [2.45, 2.75) is 39.5 Å². The summed E-state index contributed by atoms with van der Waals surface area (Å²) in [6, 6.07) is 0. The highest BCUT2D eigenvalue weighted by atomic mass is 16.6. The average molecular weight is 172 g/mol. The Kier molecular flexibility index (Phi) is 6.34. The first-order chi connectivity index (χ1) is 5.70. The fourth-order valence-electron chi connectivity index (χ4n) is 0.912. The average Bonchev–Trinajstić information content (AvgIpc) is 2.04. The zero-order chi connectivity index (χ0) is 9.40. The van der Waals surface area contributed by atoms with E-state index >= 15 is 0 Å². The molecular formula is C9H16O3. The van der Waals surface area contributed by atoms with Crippen molar-refractivity contribution in [3.63, 3.8) is 0 Å². The van der Waals surface area contributed by atoms with Gasteiger partial charge in [-0.2, -0.15) is 0 Å². The normalized spacial score (nSPS) is 12.2. The predicted molar refractivity (Wildman–Crippen MR) is 45.5 cm³/mol. The molecule has 0 aliphatic heterocycles. The van der Waals surface area contributed by atoms with E-state index in [2.05, 4.69) is 18.6 Å². The van der Waals surface area contributed by atoms with E-state index < -0.39 is 5.97 Å². The second kappa shape index (κ2) is 6.83. The van der Waals surface area contributed by atoms with Gasteiger partial charge in [-0.25, -0.2) is 0 Å². The largest absolute Gasteiger partial charge is 0.395 e. The monoisotopic (exact) mass is 172 g/mol. The van der Waals surface area contributed by atoms with Crippen molar-refractivity contribution >= 4 is 12.4 Å². The molecule has 0 fully saturated rings. The van der Waals surface area contributed by atoms with Crippen LogP contribution in [0.15, 0.2) is 0 Å². The number of hydrogen-bond donors (Lipinski definition) is 0. The van der Waals surface area contributed by atoms with Crippen molar-refractivity contribution < 1.29 is 14.3 Å². The molecule has 0 aromatic rings. The van der Waals surface area contributed by atoms with Gasteiger partial charge in [0.25, 0.3) is 0 Å². The lowest BCUT2D eigenvalue weighted by Gasteiger charge is -2.05. The summed E-state index contributed by atoms with van der Waals surface area (Å²) in [4.78, 5) is 20.4. The van der Waals surface area contributed by atoms with Crippen LogP contribution in [0, 0.1) is 5.92 Å². The minimum atomic E-state index is -0.423. The molecule has 1 atom stereocenters. The molecule has 0 radical (unpaired) electrons. The van der Waals surface area contributed by atoms with Gasteiger partial charge in [0.2, 0.25) is 0 Å². The summed E-state index contributed by atoms with van der Waals surface area (Å²) in [7, 11) is 0. The number of rotatable bonds is 6. The van der Waals surface area contributed by atoms with Crippen LogP contribution in [0.5, 0.6) is 0 Å². The van der Waals surface area contributed by atoms with Crippen LogP contribution in [0.25, 0.3) is 0 Å². The van der Waals surface area contributed by atoms with Gasteiger partial charge in [0.15, 0.2) is 0 Å². The Hall–Kier alpha value is -0.860. The first kappa shape index (κ1) is 11.1. The molecule has 0 saturated carbocycles. The maximum absolute atomic E-state index is 10.7. The molecule has 0 spiro atoms. The van der Waals surface area contributed by atoms with Gasteiger partial charge in [-0.05, 0) is 12.3 Å². The van der Waals surface area contributed by atoms with Gasteiger partial charge in [-0.3, -0.25) is 9.59 Å². The highest BCUT2D eigenvalue weighted by molar-refractivity contribution is 5.76.